The first-order valence-electron chi connectivity index (χ1n) is 12.3. The summed E-state index contributed by atoms with van der Waals surface area (Å²) in [5.74, 6) is 1.43. The molecule has 1 fully saturated rings. The fraction of sp³-hybridized carbons (Fsp3) is 0.440. The summed E-state index contributed by atoms with van der Waals surface area (Å²) in [6, 6.07) is 5.58. The Morgan fingerprint density at radius 1 is 1.27 bits per heavy atom. The number of ether oxygens (including phenoxy) is 2. The zero-order valence-corrected chi connectivity index (χ0v) is 21.8. The van der Waals surface area contributed by atoms with E-state index in [0.717, 1.165) is 12.8 Å². The lowest BCUT2D eigenvalue weighted by molar-refractivity contribution is 0.0587. The van der Waals surface area contributed by atoms with Gasteiger partial charge in [-0.2, -0.15) is 9.61 Å². The third-order valence-corrected chi connectivity index (χ3v) is 5.62. The van der Waals surface area contributed by atoms with Gasteiger partial charge in [-0.3, -0.25) is 4.90 Å². The number of carbonyl (C=O) groups excluding carboxylic acids is 1. The van der Waals surface area contributed by atoms with Gasteiger partial charge in [0, 0.05) is 25.4 Å². The molecule has 37 heavy (non-hydrogen) atoms. The van der Waals surface area contributed by atoms with Crippen molar-refractivity contribution in [2.24, 2.45) is 0 Å². The highest BCUT2D eigenvalue weighted by molar-refractivity contribution is 5.88. The molecule has 1 saturated carbocycles. The van der Waals surface area contributed by atoms with Gasteiger partial charge in [-0.05, 0) is 59.6 Å². The summed E-state index contributed by atoms with van der Waals surface area (Å²) < 4.78 is 14.9. The molecule has 0 spiro atoms. The van der Waals surface area contributed by atoms with E-state index >= 15 is 0 Å². The van der Waals surface area contributed by atoms with E-state index in [4.69, 9.17) is 14.5 Å². The number of nitrogens with one attached hydrogen (secondary N) is 1. The molecule has 4 heterocycles. The molecular formula is C25H31N9O3. The van der Waals surface area contributed by atoms with Crippen molar-refractivity contribution in [2.75, 3.05) is 17.3 Å². The maximum atomic E-state index is 13.0. The number of rotatable bonds is 7. The molecule has 0 radical (unpaired) electrons. The predicted octanol–water partition coefficient (Wildman–Crippen LogP) is 4.62. The second-order valence-corrected chi connectivity index (χ2v) is 10.3. The monoisotopic (exact) mass is 505 g/mol. The quantitative estimate of drug-likeness (QED) is 0.383. The fourth-order valence-electron chi connectivity index (χ4n) is 3.57. The van der Waals surface area contributed by atoms with Crippen LogP contribution in [0.1, 0.15) is 53.5 Å². The molecule has 0 unspecified atom stereocenters. The molecule has 0 saturated heterocycles. The minimum atomic E-state index is -0.659. The molecule has 4 aromatic heterocycles. The Hall–Kier alpha value is -4.22. The van der Waals surface area contributed by atoms with Crippen LogP contribution in [0.25, 0.3) is 16.9 Å². The Morgan fingerprint density at radius 2 is 2.05 bits per heavy atom. The summed E-state index contributed by atoms with van der Waals surface area (Å²) in [7, 11) is 1.63. The number of hydrogen-bond acceptors (Lipinski definition) is 9. The second-order valence-electron chi connectivity index (χ2n) is 10.3. The Morgan fingerprint density at radius 3 is 2.73 bits per heavy atom. The smallest absolute Gasteiger partial charge is 0.415 e. The molecule has 1 aliphatic rings. The van der Waals surface area contributed by atoms with Gasteiger partial charge in [0.1, 0.15) is 34.7 Å². The highest BCUT2D eigenvalue weighted by Crippen LogP contribution is 2.33. The fourth-order valence-corrected chi connectivity index (χ4v) is 3.57. The lowest BCUT2D eigenvalue weighted by Crippen LogP contribution is -2.35. The zero-order chi connectivity index (χ0) is 26.3. The average Bonchev–Trinajstić information content (AvgIpc) is 3.33. The largest absolute Gasteiger partial charge is 0.473 e. The Kier molecular flexibility index (Phi) is 6.18. The summed E-state index contributed by atoms with van der Waals surface area (Å²) in [4.78, 5) is 23.6. The normalized spacial score (nSPS) is 13.7. The number of anilines is 3. The summed E-state index contributed by atoms with van der Waals surface area (Å²) in [5.41, 5.74) is 1.81. The third-order valence-electron chi connectivity index (χ3n) is 5.62. The Labute approximate surface area is 214 Å². The number of hydrogen-bond donors (Lipinski definition) is 1. The van der Waals surface area contributed by atoms with E-state index in [-0.39, 0.29) is 12.1 Å². The summed E-state index contributed by atoms with van der Waals surface area (Å²) in [6.07, 6.45) is 6.90. The van der Waals surface area contributed by atoms with Crippen molar-refractivity contribution in [1.29, 1.82) is 0 Å². The maximum absolute atomic E-state index is 13.0. The van der Waals surface area contributed by atoms with Crippen LogP contribution in [-0.4, -0.2) is 59.4 Å². The lowest BCUT2D eigenvalue weighted by Gasteiger charge is -2.25. The average molecular weight is 506 g/mol. The van der Waals surface area contributed by atoms with E-state index in [1.807, 2.05) is 52.9 Å². The highest BCUT2D eigenvalue weighted by Gasteiger charge is 2.27. The molecule has 194 valence electrons. The third kappa shape index (κ3) is 5.32. The van der Waals surface area contributed by atoms with Crippen LogP contribution in [0.5, 0.6) is 5.88 Å². The van der Waals surface area contributed by atoms with Crippen LogP contribution in [-0.2, 0) is 4.74 Å². The van der Waals surface area contributed by atoms with Crippen LogP contribution in [0.4, 0.5) is 22.1 Å². The lowest BCUT2D eigenvalue weighted by atomic mass is 10.2. The summed E-state index contributed by atoms with van der Waals surface area (Å²) >= 11 is 0. The van der Waals surface area contributed by atoms with E-state index in [0.29, 0.717) is 40.1 Å². The van der Waals surface area contributed by atoms with E-state index in [2.05, 4.69) is 25.7 Å². The standard InChI is InChI=1S/C25H31N9O3/c1-15(2)33-14-19(30-31-33)17-13-27-34-21(32(6)24(35)37-25(3,4)5)12-20(29-22(17)34)28-18-8-7-11-26-23(18)36-16-9-10-16/h7-8,11-16H,9-10H2,1-6H3,(H,28,29). The van der Waals surface area contributed by atoms with Gasteiger partial charge < -0.3 is 14.8 Å². The number of fused-ring (bicyclic) bond motifs is 1. The molecule has 5 rings (SSSR count). The minimum Gasteiger partial charge on any atom is -0.473 e. The van der Waals surface area contributed by atoms with Crippen molar-refractivity contribution in [2.45, 2.75) is 65.2 Å². The number of pyridine rings is 1. The van der Waals surface area contributed by atoms with Crippen LogP contribution in [0.3, 0.4) is 0 Å². The van der Waals surface area contributed by atoms with Gasteiger partial charge >= 0.3 is 6.09 Å². The molecule has 12 heteroatoms. The molecule has 1 N–H and O–H groups in total. The zero-order valence-electron chi connectivity index (χ0n) is 21.8. The second kappa shape index (κ2) is 9.34. The molecule has 1 amide bonds. The van der Waals surface area contributed by atoms with Gasteiger partial charge in [0.2, 0.25) is 5.88 Å². The first kappa shape index (κ1) is 24.5. The van der Waals surface area contributed by atoms with Gasteiger partial charge in [-0.15, -0.1) is 5.10 Å². The molecular weight excluding hydrogens is 474 g/mol. The van der Waals surface area contributed by atoms with Gasteiger partial charge in [0.05, 0.1) is 18.0 Å². The van der Waals surface area contributed by atoms with Crippen molar-refractivity contribution >= 4 is 29.1 Å². The van der Waals surface area contributed by atoms with Crippen LogP contribution < -0.4 is 15.0 Å². The van der Waals surface area contributed by atoms with Gasteiger partial charge in [0.25, 0.3) is 0 Å². The molecule has 1 aliphatic carbocycles. The predicted molar refractivity (Wildman–Crippen MR) is 138 cm³/mol. The molecule has 4 aromatic rings. The number of nitrogens with zero attached hydrogens (tertiary/aromatic N) is 8. The summed E-state index contributed by atoms with van der Waals surface area (Å²) in [6.45, 7) is 9.51. The molecule has 0 atom stereocenters. The van der Waals surface area contributed by atoms with Crippen LogP contribution in [0, 0.1) is 0 Å². The topological polar surface area (TPSA) is 125 Å². The minimum absolute atomic E-state index is 0.151. The van der Waals surface area contributed by atoms with Crippen molar-refractivity contribution in [3.63, 3.8) is 0 Å². The Bertz CT molecular complexity index is 1430. The van der Waals surface area contributed by atoms with Crippen LogP contribution in [0.2, 0.25) is 0 Å². The summed E-state index contributed by atoms with van der Waals surface area (Å²) in [5, 5.41) is 16.4. The first-order valence-corrected chi connectivity index (χ1v) is 12.3. The number of aromatic nitrogens is 7. The van der Waals surface area contributed by atoms with Crippen molar-refractivity contribution < 1.29 is 14.3 Å². The molecule has 0 bridgehead atoms. The van der Waals surface area contributed by atoms with Gasteiger partial charge in [-0.1, -0.05) is 5.21 Å². The number of amides is 1. The van der Waals surface area contributed by atoms with E-state index < -0.39 is 11.7 Å². The van der Waals surface area contributed by atoms with Crippen molar-refractivity contribution in [3.05, 3.63) is 36.8 Å². The molecule has 0 aliphatic heterocycles. The van der Waals surface area contributed by atoms with E-state index in [1.54, 1.807) is 34.7 Å². The SMILES string of the molecule is CC(C)n1cc(-c2cnn3c(N(C)C(=O)OC(C)(C)C)cc(Nc4cccnc4OC4CC4)nc23)nn1. The molecule has 0 aromatic carbocycles. The van der Waals surface area contributed by atoms with E-state index in [9.17, 15) is 4.79 Å². The van der Waals surface area contributed by atoms with Crippen LogP contribution >= 0.6 is 0 Å². The van der Waals surface area contributed by atoms with Gasteiger partial charge in [0.15, 0.2) is 5.65 Å². The molecule has 12 nitrogen and oxygen atoms in total. The van der Waals surface area contributed by atoms with Crippen LogP contribution in [0.15, 0.2) is 36.8 Å². The van der Waals surface area contributed by atoms with Crippen molar-refractivity contribution in [1.82, 2.24) is 34.6 Å². The highest BCUT2D eigenvalue weighted by atomic mass is 16.6. The van der Waals surface area contributed by atoms with Gasteiger partial charge in [-0.25, -0.2) is 19.4 Å². The Balaban J connectivity index is 1.59. The van der Waals surface area contributed by atoms with E-state index in [1.165, 1.54) is 4.90 Å². The maximum Gasteiger partial charge on any atom is 0.415 e. The first-order chi connectivity index (χ1) is 17.6. The van der Waals surface area contributed by atoms with Crippen molar-refractivity contribution in [3.8, 4) is 17.1 Å². The number of carbonyl (C=O) groups is 1.